The van der Waals surface area contributed by atoms with Crippen LogP contribution in [0.4, 0.5) is 0 Å². The van der Waals surface area contributed by atoms with Crippen LogP contribution >= 0.6 is 11.6 Å². The molecule has 1 aliphatic carbocycles. The Bertz CT molecular complexity index is 1070. The molecule has 23 heavy (non-hydrogen) atoms. The topological polar surface area (TPSA) is 20.7 Å². The van der Waals surface area contributed by atoms with Gasteiger partial charge in [-0.05, 0) is 48.7 Å². The van der Waals surface area contributed by atoms with E-state index in [2.05, 4.69) is 64.3 Å². The molecule has 0 amide bonds. The summed E-state index contributed by atoms with van der Waals surface area (Å²) in [5.41, 5.74) is 5.95. The fourth-order valence-corrected chi connectivity index (χ4v) is 3.92. The summed E-state index contributed by atoms with van der Waals surface area (Å²) in [5.74, 6) is 0. The number of aryl methyl sites for hydroxylation is 1. The number of nitrogens with zero attached hydrogens (tertiary/aromatic N) is 1. The molecule has 0 atom stereocenters. The van der Waals surface area contributed by atoms with Gasteiger partial charge in [-0.3, -0.25) is 0 Å². The zero-order valence-electron chi connectivity index (χ0n) is 12.5. The number of nitrogens with one attached hydrogen (secondary N) is 1. The number of halogens is 1. The van der Waals surface area contributed by atoms with Gasteiger partial charge in [0.05, 0.1) is 16.1 Å². The Kier molecular flexibility index (Phi) is 2.70. The number of H-pyrrole nitrogens is 1. The van der Waals surface area contributed by atoms with E-state index >= 15 is 0 Å². The van der Waals surface area contributed by atoms with Gasteiger partial charge >= 0.3 is 0 Å². The number of hydrogen-bond acceptors (Lipinski definition) is 0. The predicted molar refractivity (Wildman–Crippen MR) is 97.5 cm³/mol. The SMILES string of the molecule is Clc1c2ccn(-c3ccccc3)c2cc2c3c([nH]c12)C=CCC3. The number of aromatic amines is 1. The van der Waals surface area contributed by atoms with Crippen LogP contribution in [0.1, 0.15) is 17.7 Å². The highest BCUT2D eigenvalue weighted by Gasteiger charge is 2.17. The first-order valence-corrected chi connectivity index (χ1v) is 8.27. The van der Waals surface area contributed by atoms with Crippen LogP contribution in [0, 0.1) is 0 Å². The predicted octanol–water partition coefficient (Wildman–Crippen LogP) is 5.72. The van der Waals surface area contributed by atoms with E-state index in [0.29, 0.717) is 0 Å². The first-order chi connectivity index (χ1) is 11.3. The van der Waals surface area contributed by atoms with Gasteiger partial charge in [0.1, 0.15) is 0 Å². The second kappa shape index (κ2) is 4.77. The van der Waals surface area contributed by atoms with Crippen molar-refractivity contribution < 1.29 is 0 Å². The van der Waals surface area contributed by atoms with Crippen LogP contribution in [0.2, 0.25) is 5.02 Å². The number of allylic oxidation sites excluding steroid dienone is 1. The largest absolute Gasteiger partial charge is 0.354 e. The van der Waals surface area contributed by atoms with Crippen LogP contribution < -0.4 is 0 Å². The fourth-order valence-electron chi connectivity index (χ4n) is 3.61. The molecule has 2 heterocycles. The zero-order valence-corrected chi connectivity index (χ0v) is 13.3. The highest BCUT2D eigenvalue weighted by Crippen LogP contribution is 2.38. The molecule has 1 aliphatic rings. The van der Waals surface area contributed by atoms with Crippen LogP contribution in [0.5, 0.6) is 0 Å². The monoisotopic (exact) mass is 318 g/mol. The molecule has 4 aromatic rings. The third-order valence-corrected chi connectivity index (χ3v) is 5.11. The maximum Gasteiger partial charge on any atom is 0.0741 e. The molecular formula is C20H15ClN2. The molecule has 0 fully saturated rings. The molecule has 0 spiro atoms. The minimum Gasteiger partial charge on any atom is -0.354 e. The molecule has 5 rings (SSSR count). The Labute approximate surface area is 139 Å². The Morgan fingerprint density at radius 2 is 1.91 bits per heavy atom. The standard InChI is InChI=1S/C20H15ClN2/c21-19-15-10-11-23(13-6-2-1-3-7-13)18(15)12-16-14-8-4-5-9-17(14)22-20(16)19/h1-3,5-7,9-12,22H,4,8H2. The zero-order chi connectivity index (χ0) is 15.4. The fraction of sp³-hybridized carbons (Fsp3) is 0.100. The number of hydrogen-bond donors (Lipinski definition) is 1. The minimum atomic E-state index is 0.815. The lowest BCUT2D eigenvalue weighted by Gasteiger charge is -2.08. The third kappa shape index (κ3) is 1.82. The lowest BCUT2D eigenvalue weighted by atomic mass is 10.0. The van der Waals surface area contributed by atoms with Gasteiger partial charge in [0.15, 0.2) is 0 Å². The highest BCUT2D eigenvalue weighted by atomic mass is 35.5. The molecule has 0 saturated carbocycles. The van der Waals surface area contributed by atoms with E-state index in [-0.39, 0.29) is 0 Å². The molecule has 2 aromatic carbocycles. The van der Waals surface area contributed by atoms with Gasteiger partial charge < -0.3 is 9.55 Å². The molecule has 0 bridgehead atoms. The number of aromatic nitrogens is 2. The number of fused-ring (bicyclic) bond motifs is 4. The van der Waals surface area contributed by atoms with Gasteiger partial charge in [-0.15, -0.1) is 0 Å². The summed E-state index contributed by atoms with van der Waals surface area (Å²) in [6.45, 7) is 0. The van der Waals surface area contributed by atoms with Crippen molar-refractivity contribution in [3.8, 4) is 5.69 Å². The lowest BCUT2D eigenvalue weighted by Crippen LogP contribution is -1.92. The van der Waals surface area contributed by atoms with Crippen LogP contribution in [-0.2, 0) is 6.42 Å². The van der Waals surface area contributed by atoms with Crippen molar-refractivity contribution >= 4 is 39.5 Å². The maximum atomic E-state index is 6.73. The van der Waals surface area contributed by atoms with Crippen molar-refractivity contribution in [1.82, 2.24) is 9.55 Å². The third-order valence-electron chi connectivity index (χ3n) is 4.72. The van der Waals surface area contributed by atoms with Gasteiger partial charge in [-0.2, -0.15) is 0 Å². The minimum absolute atomic E-state index is 0.815. The van der Waals surface area contributed by atoms with E-state index in [0.717, 1.165) is 40.0 Å². The molecule has 3 heteroatoms. The highest BCUT2D eigenvalue weighted by molar-refractivity contribution is 6.40. The van der Waals surface area contributed by atoms with E-state index < -0.39 is 0 Å². The van der Waals surface area contributed by atoms with Crippen LogP contribution in [-0.4, -0.2) is 9.55 Å². The van der Waals surface area contributed by atoms with Crippen LogP contribution in [0.15, 0.2) is 54.7 Å². The molecule has 0 aliphatic heterocycles. The van der Waals surface area contributed by atoms with Gasteiger partial charge in [0.25, 0.3) is 0 Å². The van der Waals surface area contributed by atoms with Gasteiger partial charge in [-0.1, -0.05) is 35.9 Å². The molecule has 2 aromatic heterocycles. The molecule has 1 N–H and O–H groups in total. The summed E-state index contributed by atoms with van der Waals surface area (Å²) < 4.78 is 2.21. The molecule has 0 radical (unpaired) electrons. The number of rotatable bonds is 1. The van der Waals surface area contributed by atoms with Crippen molar-refractivity contribution in [2.24, 2.45) is 0 Å². The second-order valence-corrected chi connectivity index (χ2v) is 6.40. The first kappa shape index (κ1) is 13.0. The average molecular weight is 319 g/mol. The maximum absolute atomic E-state index is 6.73. The number of benzene rings is 2. The van der Waals surface area contributed by atoms with Gasteiger partial charge in [0, 0.05) is 28.4 Å². The Morgan fingerprint density at radius 3 is 2.78 bits per heavy atom. The summed E-state index contributed by atoms with van der Waals surface area (Å²) in [5, 5.41) is 3.15. The van der Waals surface area contributed by atoms with Crippen molar-refractivity contribution in [2.75, 3.05) is 0 Å². The average Bonchev–Trinajstić information content (AvgIpc) is 3.18. The Hall–Kier alpha value is -2.45. The van der Waals surface area contributed by atoms with E-state index in [1.54, 1.807) is 0 Å². The van der Waals surface area contributed by atoms with E-state index in [1.165, 1.54) is 16.6 Å². The summed E-state index contributed by atoms with van der Waals surface area (Å²) in [6.07, 6.45) is 8.65. The van der Waals surface area contributed by atoms with Crippen LogP contribution in [0.25, 0.3) is 33.6 Å². The van der Waals surface area contributed by atoms with E-state index in [4.69, 9.17) is 11.6 Å². The summed E-state index contributed by atoms with van der Waals surface area (Å²) >= 11 is 6.73. The van der Waals surface area contributed by atoms with E-state index in [1.807, 2.05) is 6.07 Å². The number of para-hydroxylation sites is 1. The summed E-state index contributed by atoms with van der Waals surface area (Å²) in [6, 6.07) is 14.8. The van der Waals surface area contributed by atoms with Gasteiger partial charge in [-0.25, -0.2) is 0 Å². The molecule has 0 unspecified atom stereocenters. The Morgan fingerprint density at radius 1 is 1.04 bits per heavy atom. The van der Waals surface area contributed by atoms with Crippen molar-refractivity contribution in [3.05, 3.63) is 71.0 Å². The molecule has 2 nitrogen and oxygen atoms in total. The smallest absolute Gasteiger partial charge is 0.0741 e. The van der Waals surface area contributed by atoms with Gasteiger partial charge in [0.2, 0.25) is 0 Å². The van der Waals surface area contributed by atoms with Crippen molar-refractivity contribution in [2.45, 2.75) is 12.8 Å². The molecular weight excluding hydrogens is 304 g/mol. The normalized spacial score (nSPS) is 13.8. The quantitative estimate of drug-likeness (QED) is 0.463. The molecule has 112 valence electrons. The van der Waals surface area contributed by atoms with Crippen molar-refractivity contribution in [3.63, 3.8) is 0 Å². The molecule has 0 saturated heterocycles. The summed E-state index contributed by atoms with van der Waals surface area (Å²) in [7, 11) is 0. The lowest BCUT2D eigenvalue weighted by molar-refractivity contribution is 0.992. The second-order valence-electron chi connectivity index (χ2n) is 6.03. The Balaban J connectivity index is 1.88. The van der Waals surface area contributed by atoms with E-state index in [9.17, 15) is 0 Å². The van der Waals surface area contributed by atoms with Crippen LogP contribution in [0.3, 0.4) is 0 Å². The first-order valence-electron chi connectivity index (χ1n) is 7.89. The summed E-state index contributed by atoms with van der Waals surface area (Å²) in [4.78, 5) is 3.50. The van der Waals surface area contributed by atoms with Crippen molar-refractivity contribution in [1.29, 1.82) is 0 Å².